The minimum absolute atomic E-state index is 0.0396. The molecule has 1 aromatic heterocycles. The Labute approximate surface area is 116 Å². The van der Waals surface area contributed by atoms with Gasteiger partial charge in [-0.2, -0.15) is 13.2 Å². The van der Waals surface area contributed by atoms with Gasteiger partial charge < -0.3 is 10.2 Å². The van der Waals surface area contributed by atoms with E-state index < -0.39 is 16.7 Å². The first-order valence-corrected chi connectivity index (χ1v) is 5.76. The first kappa shape index (κ1) is 14.4. The Morgan fingerprint density at radius 2 is 2.25 bits per heavy atom. The van der Waals surface area contributed by atoms with Gasteiger partial charge in [0.2, 0.25) is 0 Å². The van der Waals surface area contributed by atoms with Crippen molar-refractivity contribution < 1.29 is 18.1 Å². The first-order chi connectivity index (χ1) is 9.29. The Morgan fingerprint density at radius 1 is 1.55 bits per heavy atom. The van der Waals surface area contributed by atoms with Crippen LogP contribution in [0.1, 0.15) is 5.56 Å². The van der Waals surface area contributed by atoms with Crippen molar-refractivity contribution in [2.45, 2.75) is 6.18 Å². The van der Waals surface area contributed by atoms with E-state index in [2.05, 4.69) is 10.3 Å². The number of halogens is 4. The summed E-state index contributed by atoms with van der Waals surface area (Å²) in [7, 11) is 0. The van der Waals surface area contributed by atoms with Gasteiger partial charge in [0.15, 0.2) is 11.6 Å². The predicted molar refractivity (Wildman–Crippen MR) is 64.7 cm³/mol. The smallest absolute Gasteiger partial charge is 0.364 e. The lowest BCUT2D eigenvalue weighted by Crippen LogP contribution is -2.22. The molecule has 108 valence electrons. The molecular formula is C10H8ClF3N4O2. The zero-order valence-electron chi connectivity index (χ0n) is 9.82. The second-order valence-corrected chi connectivity index (χ2v) is 4.31. The average molecular weight is 309 g/mol. The third-order valence-electron chi connectivity index (χ3n) is 2.56. The Balaban J connectivity index is 2.36. The number of aromatic nitrogens is 1. The van der Waals surface area contributed by atoms with Crippen molar-refractivity contribution in [2.75, 3.05) is 18.0 Å². The van der Waals surface area contributed by atoms with Gasteiger partial charge in [-0.25, -0.2) is 4.98 Å². The molecule has 1 aromatic rings. The van der Waals surface area contributed by atoms with Gasteiger partial charge in [-0.3, -0.25) is 10.1 Å². The molecular weight excluding hydrogens is 301 g/mol. The van der Waals surface area contributed by atoms with Gasteiger partial charge in [-0.05, 0) is 6.07 Å². The molecule has 0 saturated carbocycles. The van der Waals surface area contributed by atoms with Crippen LogP contribution in [-0.4, -0.2) is 23.0 Å². The lowest BCUT2D eigenvalue weighted by Gasteiger charge is -2.18. The molecule has 1 saturated heterocycles. The summed E-state index contributed by atoms with van der Waals surface area (Å²) < 4.78 is 37.5. The largest absolute Gasteiger partial charge is 0.417 e. The molecule has 0 aliphatic carbocycles. The van der Waals surface area contributed by atoms with Crippen molar-refractivity contribution >= 4 is 17.4 Å². The zero-order valence-corrected chi connectivity index (χ0v) is 10.6. The molecule has 10 heteroatoms. The highest BCUT2D eigenvalue weighted by Gasteiger charge is 2.33. The van der Waals surface area contributed by atoms with E-state index in [1.807, 2.05) is 0 Å². The number of rotatable bonds is 2. The maximum absolute atomic E-state index is 12.5. The number of anilines is 1. The summed E-state index contributed by atoms with van der Waals surface area (Å²) in [4.78, 5) is 14.8. The van der Waals surface area contributed by atoms with Gasteiger partial charge in [-0.1, -0.05) is 11.6 Å². The predicted octanol–water partition coefficient (Wildman–Crippen LogP) is 2.24. The molecule has 1 N–H and O–H groups in total. The molecule has 20 heavy (non-hydrogen) atoms. The molecule has 1 fully saturated rings. The molecule has 0 aromatic carbocycles. The average Bonchev–Trinajstić information content (AvgIpc) is 2.74. The van der Waals surface area contributed by atoms with Crippen LogP contribution in [0.2, 0.25) is 5.02 Å². The van der Waals surface area contributed by atoms with Crippen molar-refractivity contribution in [3.8, 4) is 0 Å². The van der Waals surface area contributed by atoms with Crippen LogP contribution in [0.4, 0.5) is 19.0 Å². The van der Waals surface area contributed by atoms with Gasteiger partial charge >= 0.3 is 6.18 Å². The molecule has 0 bridgehead atoms. The molecule has 2 rings (SSSR count). The second kappa shape index (κ2) is 5.16. The van der Waals surface area contributed by atoms with Crippen LogP contribution in [-0.2, 0) is 6.18 Å². The van der Waals surface area contributed by atoms with Crippen LogP contribution in [0.5, 0.6) is 0 Å². The van der Waals surface area contributed by atoms with E-state index in [1.54, 1.807) is 0 Å². The van der Waals surface area contributed by atoms with E-state index in [0.29, 0.717) is 25.5 Å². The normalized spacial score (nSPS) is 17.4. The molecule has 1 aliphatic rings. The number of nitrogens with zero attached hydrogens (tertiary/aromatic N) is 3. The van der Waals surface area contributed by atoms with E-state index >= 15 is 0 Å². The minimum Gasteiger partial charge on any atom is -0.364 e. The fourth-order valence-corrected chi connectivity index (χ4v) is 2.00. The quantitative estimate of drug-likeness (QED) is 0.670. The van der Waals surface area contributed by atoms with E-state index in [-0.39, 0.29) is 16.7 Å². The summed E-state index contributed by atoms with van der Waals surface area (Å²) in [6.45, 7) is 0.719. The number of alkyl halides is 3. The standard InChI is InChI=1S/C10H8ClF3N4O2/c11-7-3-6(10(12,13)14)4-16-9(7)17-2-1-15-8(17)5-18(19)20/h3-5,15H,1-2H2/b8-5+. The maximum Gasteiger partial charge on any atom is 0.417 e. The van der Waals surface area contributed by atoms with Crippen LogP contribution < -0.4 is 10.2 Å². The van der Waals surface area contributed by atoms with Gasteiger partial charge in [0, 0.05) is 19.3 Å². The number of pyridine rings is 1. The van der Waals surface area contributed by atoms with Crippen molar-refractivity contribution in [1.29, 1.82) is 0 Å². The van der Waals surface area contributed by atoms with Gasteiger partial charge in [-0.15, -0.1) is 0 Å². The molecule has 0 spiro atoms. The lowest BCUT2D eigenvalue weighted by atomic mass is 10.2. The van der Waals surface area contributed by atoms with E-state index in [0.717, 1.165) is 6.07 Å². The van der Waals surface area contributed by atoms with Crippen LogP contribution in [0, 0.1) is 10.1 Å². The third kappa shape index (κ3) is 2.93. The Kier molecular flexibility index (Phi) is 3.71. The Morgan fingerprint density at radius 3 is 2.80 bits per heavy atom. The fourth-order valence-electron chi connectivity index (χ4n) is 1.73. The van der Waals surface area contributed by atoms with Gasteiger partial charge in [0.25, 0.3) is 6.20 Å². The number of nitro groups is 1. The monoisotopic (exact) mass is 308 g/mol. The maximum atomic E-state index is 12.5. The summed E-state index contributed by atoms with van der Waals surface area (Å²) >= 11 is 5.79. The van der Waals surface area contributed by atoms with Gasteiger partial charge in [0.1, 0.15) is 0 Å². The van der Waals surface area contributed by atoms with Crippen molar-refractivity contribution in [1.82, 2.24) is 10.3 Å². The highest BCUT2D eigenvalue weighted by molar-refractivity contribution is 6.33. The van der Waals surface area contributed by atoms with Crippen molar-refractivity contribution in [3.63, 3.8) is 0 Å². The molecule has 0 atom stereocenters. The van der Waals surface area contributed by atoms with Crippen molar-refractivity contribution in [3.05, 3.63) is 45.0 Å². The minimum atomic E-state index is -4.54. The van der Waals surface area contributed by atoms with Crippen molar-refractivity contribution in [2.24, 2.45) is 0 Å². The molecule has 6 nitrogen and oxygen atoms in total. The Hall–Kier alpha value is -2.03. The molecule has 0 unspecified atom stereocenters. The van der Waals surface area contributed by atoms with E-state index in [1.165, 1.54) is 4.90 Å². The summed E-state index contributed by atoms with van der Waals surface area (Å²) in [5, 5.41) is 13.0. The number of hydrogen-bond donors (Lipinski definition) is 1. The molecule has 2 heterocycles. The fraction of sp³-hybridized carbons (Fsp3) is 0.300. The number of nitrogens with one attached hydrogen (secondary N) is 1. The first-order valence-electron chi connectivity index (χ1n) is 5.38. The number of hydrogen-bond acceptors (Lipinski definition) is 5. The second-order valence-electron chi connectivity index (χ2n) is 3.91. The highest BCUT2D eigenvalue weighted by Crippen LogP contribution is 2.34. The summed E-state index contributed by atoms with van der Waals surface area (Å²) in [5.74, 6) is 0.168. The molecule has 1 aliphatic heterocycles. The highest BCUT2D eigenvalue weighted by atomic mass is 35.5. The van der Waals surface area contributed by atoms with Crippen LogP contribution in [0.3, 0.4) is 0 Å². The van der Waals surface area contributed by atoms with Gasteiger partial charge in [0.05, 0.1) is 15.5 Å². The topological polar surface area (TPSA) is 71.3 Å². The summed E-state index contributed by atoms with van der Waals surface area (Å²) in [5.41, 5.74) is -0.974. The van der Waals surface area contributed by atoms with Crippen LogP contribution in [0.25, 0.3) is 0 Å². The third-order valence-corrected chi connectivity index (χ3v) is 2.84. The lowest BCUT2D eigenvalue weighted by molar-refractivity contribution is -0.403. The Bertz CT molecular complexity index is 576. The molecule has 0 amide bonds. The van der Waals surface area contributed by atoms with E-state index in [9.17, 15) is 23.3 Å². The van der Waals surface area contributed by atoms with Crippen LogP contribution in [0.15, 0.2) is 24.3 Å². The molecule has 0 radical (unpaired) electrons. The zero-order chi connectivity index (χ0) is 14.9. The SMILES string of the molecule is O=[N+]([O-])/C=C1\NCCN1c1ncc(C(F)(F)F)cc1Cl. The van der Waals surface area contributed by atoms with Crippen LogP contribution >= 0.6 is 11.6 Å². The summed E-state index contributed by atoms with van der Waals surface area (Å²) in [6, 6.07) is 0.742. The summed E-state index contributed by atoms with van der Waals surface area (Å²) in [6.07, 6.45) is -3.19. The van der Waals surface area contributed by atoms with E-state index in [4.69, 9.17) is 11.6 Å².